The Morgan fingerprint density at radius 1 is 1.41 bits per heavy atom. The first-order chi connectivity index (χ1) is 8.12. The Hall–Kier alpha value is -1.98. The summed E-state index contributed by atoms with van der Waals surface area (Å²) >= 11 is 0. The Labute approximate surface area is 97.0 Å². The van der Waals surface area contributed by atoms with Crippen molar-refractivity contribution in [1.29, 1.82) is 0 Å². The van der Waals surface area contributed by atoms with E-state index in [1.807, 2.05) is 0 Å². The van der Waals surface area contributed by atoms with E-state index in [0.717, 1.165) is 12.8 Å². The molecule has 1 aromatic heterocycles. The van der Waals surface area contributed by atoms with Gasteiger partial charge in [-0.05, 0) is 25.7 Å². The predicted octanol–water partition coefficient (Wildman–Crippen LogP) is 1.36. The predicted molar refractivity (Wildman–Crippen MR) is 58.2 cm³/mol. The van der Waals surface area contributed by atoms with Gasteiger partial charge in [-0.3, -0.25) is 4.79 Å². The molecule has 0 saturated heterocycles. The van der Waals surface area contributed by atoms with Crippen molar-refractivity contribution in [3.63, 3.8) is 0 Å². The van der Waals surface area contributed by atoms with Crippen LogP contribution in [0.4, 0.5) is 5.69 Å². The zero-order valence-electron chi connectivity index (χ0n) is 9.08. The molecular formula is C11H12N2O4. The summed E-state index contributed by atoms with van der Waals surface area (Å²) in [6.45, 7) is 0. The second-order valence-electron chi connectivity index (χ2n) is 4.47. The highest BCUT2D eigenvalue weighted by Crippen LogP contribution is 2.43. The van der Waals surface area contributed by atoms with Crippen molar-refractivity contribution in [2.75, 3.05) is 5.32 Å². The lowest BCUT2D eigenvalue weighted by molar-refractivity contribution is -0.131. The third-order valence-electron chi connectivity index (χ3n) is 3.42. The van der Waals surface area contributed by atoms with Crippen LogP contribution in [0.2, 0.25) is 0 Å². The highest BCUT2D eigenvalue weighted by molar-refractivity contribution is 6.03. The average molecular weight is 236 g/mol. The van der Waals surface area contributed by atoms with E-state index >= 15 is 0 Å². The zero-order chi connectivity index (χ0) is 12.0. The van der Waals surface area contributed by atoms with E-state index in [1.165, 1.54) is 6.20 Å². The molecule has 2 aliphatic rings. The van der Waals surface area contributed by atoms with Crippen molar-refractivity contribution in [3.8, 4) is 5.75 Å². The quantitative estimate of drug-likeness (QED) is 0.686. The number of carboxylic acid groups (broad SMARTS) is 1. The number of ether oxygens (including phenoxy) is 1. The van der Waals surface area contributed by atoms with Crippen LogP contribution < -0.4 is 10.1 Å². The van der Waals surface area contributed by atoms with Crippen LogP contribution in [0.1, 0.15) is 36.2 Å². The fraction of sp³-hybridized carbons (Fsp3) is 0.455. The number of carbonyl (C=O) groups is 2. The molecule has 3 N–H and O–H groups in total. The van der Waals surface area contributed by atoms with E-state index in [-0.39, 0.29) is 17.4 Å². The zero-order valence-corrected chi connectivity index (χ0v) is 9.08. The summed E-state index contributed by atoms with van der Waals surface area (Å²) in [5, 5.41) is 11.7. The molecule has 0 radical (unpaired) electrons. The second kappa shape index (κ2) is 3.26. The van der Waals surface area contributed by atoms with Crippen molar-refractivity contribution in [2.45, 2.75) is 31.3 Å². The van der Waals surface area contributed by atoms with Crippen LogP contribution in [0, 0.1) is 0 Å². The number of hydrogen-bond acceptors (Lipinski definition) is 3. The SMILES string of the molecule is O=C(O)c1[nH]cc2c1OC1(CCCC1)C(=O)N2. The number of carboxylic acids is 1. The first-order valence-corrected chi connectivity index (χ1v) is 5.57. The largest absolute Gasteiger partial charge is 0.476 e. The molecule has 0 unspecified atom stereocenters. The van der Waals surface area contributed by atoms with E-state index in [1.54, 1.807) is 0 Å². The third-order valence-corrected chi connectivity index (χ3v) is 3.42. The number of aromatic nitrogens is 1. The lowest BCUT2D eigenvalue weighted by Gasteiger charge is -2.33. The Balaban J connectivity index is 2.04. The summed E-state index contributed by atoms with van der Waals surface area (Å²) in [7, 11) is 0. The van der Waals surface area contributed by atoms with Crippen LogP contribution in [0.15, 0.2) is 6.20 Å². The molecule has 1 amide bonds. The van der Waals surface area contributed by atoms with E-state index < -0.39 is 11.6 Å². The number of H-pyrrole nitrogens is 1. The molecule has 1 aliphatic heterocycles. The van der Waals surface area contributed by atoms with Gasteiger partial charge < -0.3 is 20.1 Å². The number of anilines is 1. The van der Waals surface area contributed by atoms with Gasteiger partial charge in [0.05, 0.1) is 0 Å². The first kappa shape index (κ1) is 10.2. The van der Waals surface area contributed by atoms with E-state index in [2.05, 4.69) is 10.3 Å². The molecule has 17 heavy (non-hydrogen) atoms. The molecule has 6 heteroatoms. The molecule has 3 rings (SSSR count). The molecule has 6 nitrogen and oxygen atoms in total. The maximum absolute atomic E-state index is 12.0. The summed E-state index contributed by atoms with van der Waals surface area (Å²) in [6.07, 6.45) is 4.58. The van der Waals surface area contributed by atoms with Gasteiger partial charge in [-0.25, -0.2) is 4.79 Å². The van der Waals surface area contributed by atoms with Crippen molar-refractivity contribution in [1.82, 2.24) is 4.98 Å². The highest BCUT2D eigenvalue weighted by atomic mass is 16.5. The topological polar surface area (TPSA) is 91.4 Å². The minimum Gasteiger partial charge on any atom is -0.476 e. The van der Waals surface area contributed by atoms with Gasteiger partial charge in [-0.1, -0.05) is 0 Å². The molecule has 1 fully saturated rings. The number of fused-ring (bicyclic) bond motifs is 1. The number of aromatic carboxylic acids is 1. The summed E-state index contributed by atoms with van der Waals surface area (Å²) in [4.78, 5) is 25.6. The van der Waals surface area contributed by atoms with Crippen molar-refractivity contribution >= 4 is 17.6 Å². The molecule has 2 heterocycles. The number of amides is 1. The summed E-state index contributed by atoms with van der Waals surface area (Å²) in [5.41, 5.74) is -0.462. The summed E-state index contributed by atoms with van der Waals surface area (Å²) in [6, 6.07) is 0. The van der Waals surface area contributed by atoms with Gasteiger partial charge in [0.15, 0.2) is 17.0 Å². The maximum Gasteiger partial charge on any atom is 0.356 e. The van der Waals surface area contributed by atoms with Gasteiger partial charge in [-0.15, -0.1) is 0 Å². The first-order valence-electron chi connectivity index (χ1n) is 5.57. The fourth-order valence-corrected chi connectivity index (χ4v) is 2.52. The van der Waals surface area contributed by atoms with Gasteiger partial charge >= 0.3 is 5.97 Å². The number of carbonyl (C=O) groups excluding carboxylic acids is 1. The Morgan fingerprint density at radius 2 is 2.12 bits per heavy atom. The summed E-state index contributed by atoms with van der Waals surface area (Å²) in [5.74, 6) is -1.01. The number of hydrogen-bond donors (Lipinski definition) is 3. The monoisotopic (exact) mass is 236 g/mol. The number of nitrogens with one attached hydrogen (secondary N) is 2. The molecule has 1 saturated carbocycles. The van der Waals surface area contributed by atoms with Gasteiger partial charge in [-0.2, -0.15) is 0 Å². The van der Waals surface area contributed by atoms with Crippen LogP contribution in [-0.2, 0) is 4.79 Å². The number of aromatic amines is 1. The van der Waals surface area contributed by atoms with Crippen molar-refractivity contribution < 1.29 is 19.4 Å². The van der Waals surface area contributed by atoms with Gasteiger partial charge in [0.2, 0.25) is 0 Å². The molecule has 0 atom stereocenters. The van der Waals surface area contributed by atoms with Crippen molar-refractivity contribution in [3.05, 3.63) is 11.9 Å². The molecule has 1 aromatic rings. The maximum atomic E-state index is 12.0. The molecule has 0 bridgehead atoms. The van der Waals surface area contributed by atoms with Crippen LogP contribution in [0.3, 0.4) is 0 Å². The normalized spacial score (nSPS) is 20.8. The van der Waals surface area contributed by atoms with Gasteiger partial charge in [0.25, 0.3) is 5.91 Å². The summed E-state index contributed by atoms with van der Waals surface area (Å²) < 4.78 is 5.70. The van der Waals surface area contributed by atoms with E-state index in [9.17, 15) is 9.59 Å². The molecule has 0 aromatic carbocycles. The van der Waals surface area contributed by atoms with Crippen molar-refractivity contribution in [2.24, 2.45) is 0 Å². The smallest absolute Gasteiger partial charge is 0.356 e. The van der Waals surface area contributed by atoms with Gasteiger partial charge in [0, 0.05) is 6.20 Å². The molecule has 1 aliphatic carbocycles. The van der Waals surface area contributed by atoms with E-state index in [4.69, 9.17) is 9.84 Å². The minimum absolute atomic E-state index is 0.00808. The lowest BCUT2D eigenvalue weighted by Crippen LogP contribution is -2.48. The molecular weight excluding hydrogens is 224 g/mol. The molecule has 1 spiro atoms. The van der Waals surface area contributed by atoms with Crippen LogP contribution >= 0.6 is 0 Å². The van der Waals surface area contributed by atoms with Crippen LogP contribution in [0.5, 0.6) is 5.75 Å². The van der Waals surface area contributed by atoms with Crippen LogP contribution in [0.25, 0.3) is 0 Å². The average Bonchev–Trinajstić information content (AvgIpc) is 2.87. The second-order valence-corrected chi connectivity index (χ2v) is 4.47. The Kier molecular flexibility index (Phi) is 1.95. The minimum atomic E-state index is -1.09. The van der Waals surface area contributed by atoms with E-state index in [0.29, 0.717) is 18.5 Å². The fourth-order valence-electron chi connectivity index (χ4n) is 2.52. The highest BCUT2D eigenvalue weighted by Gasteiger charge is 2.48. The van der Waals surface area contributed by atoms with Gasteiger partial charge in [0.1, 0.15) is 5.69 Å². The van der Waals surface area contributed by atoms with Crippen LogP contribution in [-0.4, -0.2) is 27.6 Å². The Morgan fingerprint density at radius 3 is 2.76 bits per heavy atom. The third kappa shape index (κ3) is 1.33. The molecule has 90 valence electrons. The number of rotatable bonds is 1. The standard InChI is InChI=1S/C11H12N2O4/c14-9(15)7-8-6(5-12-7)13-10(16)11(17-8)3-1-2-4-11/h5,12H,1-4H2,(H,13,16)(H,14,15). The lowest BCUT2D eigenvalue weighted by atomic mass is 9.99. The Bertz CT molecular complexity index is 500.